The van der Waals surface area contributed by atoms with Gasteiger partial charge in [-0.2, -0.15) is 0 Å². The van der Waals surface area contributed by atoms with E-state index in [0.29, 0.717) is 0 Å². The highest BCUT2D eigenvalue weighted by molar-refractivity contribution is 5.36. The summed E-state index contributed by atoms with van der Waals surface area (Å²) in [6.45, 7) is 4.99. The normalized spacial score (nSPS) is 16.0. The second-order valence-corrected chi connectivity index (χ2v) is 5.87. The van der Waals surface area contributed by atoms with Crippen LogP contribution in [0, 0.1) is 6.92 Å². The molecule has 2 N–H and O–H groups in total. The molecule has 0 amide bonds. The van der Waals surface area contributed by atoms with Gasteiger partial charge >= 0.3 is 0 Å². The van der Waals surface area contributed by atoms with E-state index in [4.69, 9.17) is 10.5 Å². The van der Waals surface area contributed by atoms with E-state index in [1.165, 1.54) is 36.8 Å². The standard InChI is InChI=1S/C17H28N2O/c1-14-8-9-17(20-2)15(12-14)13-19(11-5-10-18)16-6-3-4-7-16/h8-9,12,16H,3-7,10-11,13,18H2,1-2H3. The average Bonchev–Trinajstić information content (AvgIpc) is 2.97. The molecule has 0 radical (unpaired) electrons. The third kappa shape index (κ3) is 3.97. The number of hydrogen-bond acceptors (Lipinski definition) is 3. The molecule has 3 heteroatoms. The van der Waals surface area contributed by atoms with Gasteiger partial charge in [0, 0.05) is 18.2 Å². The lowest BCUT2D eigenvalue weighted by atomic mass is 10.1. The van der Waals surface area contributed by atoms with Gasteiger partial charge in [-0.15, -0.1) is 0 Å². The van der Waals surface area contributed by atoms with Crippen molar-refractivity contribution in [3.05, 3.63) is 29.3 Å². The van der Waals surface area contributed by atoms with Crippen LogP contribution in [0.5, 0.6) is 5.75 Å². The number of benzene rings is 1. The Morgan fingerprint density at radius 2 is 2.05 bits per heavy atom. The van der Waals surface area contributed by atoms with Crippen molar-refractivity contribution in [2.45, 2.75) is 51.6 Å². The van der Waals surface area contributed by atoms with Gasteiger partial charge in [0.15, 0.2) is 0 Å². The summed E-state index contributed by atoms with van der Waals surface area (Å²) in [7, 11) is 1.76. The lowest BCUT2D eigenvalue weighted by Crippen LogP contribution is -2.34. The van der Waals surface area contributed by atoms with E-state index in [2.05, 4.69) is 30.0 Å². The van der Waals surface area contributed by atoms with Crippen LogP contribution in [-0.4, -0.2) is 31.1 Å². The van der Waals surface area contributed by atoms with Crippen molar-refractivity contribution in [1.29, 1.82) is 0 Å². The number of nitrogens with zero attached hydrogens (tertiary/aromatic N) is 1. The van der Waals surface area contributed by atoms with Gasteiger partial charge in [-0.1, -0.05) is 30.5 Å². The molecule has 2 rings (SSSR count). The van der Waals surface area contributed by atoms with Crippen molar-refractivity contribution in [2.75, 3.05) is 20.2 Å². The predicted molar refractivity (Wildman–Crippen MR) is 84.1 cm³/mol. The van der Waals surface area contributed by atoms with Crippen LogP contribution in [0.2, 0.25) is 0 Å². The molecule has 1 aliphatic rings. The summed E-state index contributed by atoms with van der Waals surface area (Å²) in [5, 5.41) is 0. The summed E-state index contributed by atoms with van der Waals surface area (Å²) in [4.78, 5) is 2.61. The van der Waals surface area contributed by atoms with Crippen LogP contribution < -0.4 is 10.5 Å². The fraction of sp³-hybridized carbons (Fsp3) is 0.647. The molecule has 1 aromatic carbocycles. The quantitative estimate of drug-likeness (QED) is 0.831. The van der Waals surface area contributed by atoms with Gasteiger partial charge in [0.2, 0.25) is 0 Å². The molecule has 0 bridgehead atoms. The van der Waals surface area contributed by atoms with Crippen LogP contribution in [0.3, 0.4) is 0 Å². The molecule has 3 nitrogen and oxygen atoms in total. The molecule has 0 unspecified atom stereocenters. The van der Waals surface area contributed by atoms with E-state index in [1.807, 2.05) is 0 Å². The van der Waals surface area contributed by atoms with Crippen molar-refractivity contribution in [1.82, 2.24) is 4.90 Å². The van der Waals surface area contributed by atoms with Crippen LogP contribution >= 0.6 is 0 Å². The summed E-state index contributed by atoms with van der Waals surface area (Å²) >= 11 is 0. The van der Waals surface area contributed by atoms with Crippen molar-refractivity contribution in [2.24, 2.45) is 5.73 Å². The maximum atomic E-state index is 5.70. The van der Waals surface area contributed by atoms with Gasteiger partial charge in [-0.25, -0.2) is 0 Å². The molecule has 1 aliphatic carbocycles. The molecule has 0 atom stereocenters. The molecule has 0 aliphatic heterocycles. The Labute approximate surface area is 123 Å². The van der Waals surface area contributed by atoms with E-state index in [1.54, 1.807) is 7.11 Å². The summed E-state index contributed by atoms with van der Waals surface area (Å²) in [6, 6.07) is 7.18. The Bertz CT molecular complexity index is 413. The Kier molecular flexibility index (Phi) is 5.86. The Morgan fingerprint density at radius 3 is 2.70 bits per heavy atom. The molecule has 1 saturated carbocycles. The lowest BCUT2D eigenvalue weighted by molar-refractivity contribution is 0.186. The monoisotopic (exact) mass is 276 g/mol. The van der Waals surface area contributed by atoms with Crippen LogP contribution in [0.15, 0.2) is 18.2 Å². The Morgan fingerprint density at radius 1 is 1.30 bits per heavy atom. The zero-order valence-electron chi connectivity index (χ0n) is 12.9. The second-order valence-electron chi connectivity index (χ2n) is 5.87. The topological polar surface area (TPSA) is 38.5 Å². The summed E-state index contributed by atoms with van der Waals surface area (Å²) in [6.07, 6.45) is 6.48. The molecule has 112 valence electrons. The van der Waals surface area contributed by atoms with E-state index in [-0.39, 0.29) is 0 Å². The van der Waals surface area contributed by atoms with E-state index in [0.717, 1.165) is 37.8 Å². The third-order valence-corrected chi connectivity index (χ3v) is 4.30. The van der Waals surface area contributed by atoms with Gasteiger partial charge in [-0.3, -0.25) is 4.90 Å². The molecular formula is C17H28N2O. The minimum absolute atomic E-state index is 0.728. The van der Waals surface area contributed by atoms with Crippen molar-refractivity contribution >= 4 is 0 Å². The molecule has 0 spiro atoms. The largest absolute Gasteiger partial charge is 0.496 e. The minimum atomic E-state index is 0.728. The second kappa shape index (κ2) is 7.65. The number of ether oxygens (including phenoxy) is 1. The number of methoxy groups -OCH3 is 1. The molecule has 1 aromatic rings. The zero-order valence-corrected chi connectivity index (χ0v) is 12.9. The maximum Gasteiger partial charge on any atom is 0.123 e. The highest BCUT2D eigenvalue weighted by Gasteiger charge is 2.23. The fourth-order valence-corrected chi connectivity index (χ4v) is 3.20. The summed E-state index contributed by atoms with van der Waals surface area (Å²) in [5.74, 6) is 1.01. The molecule has 0 aromatic heterocycles. The number of hydrogen-bond donors (Lipinski definition) is 1. The van der Waals surface area contributed by atoms with Crippen molar-refractivity contribution in [3.63, 3.8) is 0 Å². The third-order valence-electron chi connectivity index (χ3n) is 4.30. The van der Waals surface area contributed by atoms with Crippen LogP contribution in [0.4, 0.5) is 0 Å². The Balaban J connectivity index is 2.11. The SMILES string of the molecule is COc1ccc(C)cc1CN(CCCN)C1CCCC1. The lowest BCUT2D eigenvalue weighted by Gasteiger charge is -2.29. The van der Waals surface area contributed by atoms with Crippen molar-refractivity contribution in [3.8, 4) is 5.75 Å². The first-order valence-electron chi connectivity index (χ1n) is 7.82. The van der Waals surface area contributed by atoms with Crippen LogP contribution in [0.1, 0.15) is 43.2 Å². The minimum Gasteiger partial charge on any atom is -0.496 e. The fourth-order valence-electron chi connectivity index (χ4n) is 3.20. The molecular weight excluding hydrogens is 248 g/mol. The molecule has 0 saturated heterocycles. The highest BCUT2D eigenvalue weighted by atomic mass is 16.5. The number of rotatable bonds is 7. The van der Waals surface area contributed by atoms with E-state index in [9.17, 15) is 0 Å². The zero-order chi connectivity index (χ0) is 14.4. The van der Waals surface area contributed by atoms with Crippen molar-refractivity contribution < 1.29 is 4.74 Å². The maximum absolute atomic E-state index is 5.70. The van der Waals surface area contributed by atoms with Gasteiger partial charge in [0.25, 0.3) is 0 Å². The molecule has 1 fully saturated rings. The summed E-state index contributed by atoms with van der Waals surface area (Å²) in [5.41, 5.74) is 8.30. The van der Waals surface area contributed by atoms with Gasteiger partial charge in [0.05, 0.1) is 7.11 Å². The highest BCUT2D eigenvalue weighted by Crippen LogP contribution is 2.28. The van der Waals surface area contributed by atoms with E-state index >= 15 is 0 Å². The average molecular weight is 276 g/mol. The summed E-state index contributed by atoms with van der Waals surface area (Å²) < 4.78 is 5.52. The first-order valence-corrected chi connectivity index (χ1v) is 7.82. The van der Waals surface area contributed by atoms with Gasteiger partial charge in [-0.05, 0) is 45.3 Å². The molecule has 0 heterocycles. The van der Waals surface area contributed by atoms with Crippen LogP contribution in [0.25, 0.3) is 0 Å². The first kappa shape index (κ1) is 15.3. The molecule has 20 heavy (non-hydrogen) atoms. The van der Waals surface area contributed by atoms with E-state index < -0.39 is 0 Å². The first-order chi connectivity index (χ1) is 9.74. The van der Waals surface area contributed by atoms with Gasteiger partial charge < -0.3 is 10.5 Å². The smallest absolute Gasteiger partial charge is 0.123 e. The number of nitrogens with two attached hydrogens (primary N) is 1. The van der Waals surface area contributed by atoms with Crippen LogP contribution in [-0.2, 0) is 6.54 Å². The number of aryl methyl sites for hydroxylation is 1. The predicted octanol–water partition coefficient (Wildman–Crippen LogP) is 3.10. The Hall–Kier alpha value is -1.06. The van der Waals surface area contributed by atoms with Gasteiger partial charge in [0.1, 0.15) is 5.75 Å².